The van der Waals surface area contributed by atoms with Crippen LogP contribution in [0, 0.1) is 0 Å². The Kier molecular flexibility index (Phi) is 3.76. The lowest BCUT2D eigenvalue weighted by Gasteiger charge is -2.22. The molecule has 1 heterocycles. The molecule has 1 N–H and O–H groups in total. The zero-order valence-electron chi connectivity index (χ0n) is 9.59. The Labute approximate surface area is 112 Å². The lowest BCUT2D eigenvalue weighted by Crippen LogP contribution is -2.45. The zero-order valence-corrected chi connectivity index (χ0v) is 11.2. The van der Waals surface area contributed by atoms with Gasteiger partial charge in [-0.2, -0.15) is 0 Å². The van der Waals surface area contributed by atoms with E-state index < -0.39 is 17.9 Å². The first-order chi connectivity index (χ1) is 8.61. The molecule has 2 rings (SSSR count). The maximum atomic E-state index is 11.7. The van der Waals surface area contributed by atoms with Crippen LogP contribution in [-0.2, 0) is 14.3 Å². The fourth-order valence-corrected chi connectivity index (χ4v) is 1.89. The minimum Gasteiger partial charge on any atom is -0.467 e. The Balaban J connectivity index is 2.18. The molecule has 0 saturated heterocycles. The number of carbonyl (C=O) groups excluding carboxylic acids is 2. The lowest BCUT2D eigenvalue weighted by molar-refractivity contribution is -0.146. The van der Waals surface area contributed by atoms with E-state index in [2.05, 4.69) is 31.0 Å². The first-order valence-electron chi connectivity index (χ1n) is 5.29. The molecule has 6 heteroatoms. The molecule has 1 aromatic carbocycles. The molecule has 0 saturated carbocycles. The van der Waals surface area contributed by atoms with E-state index in [1.807, 2.05) is 24.3 Å². The average molecular weight is 311 g/mol. The molecule has 0 fully saturated rings. The second kappa shape index (κ2) is 5.30. The lowest BCUT2D eigenvalue weighted by atomic mass is 10.1. The summed E-state index contributed by atoms with van der Waals surface area (Å²) in [6.07, 6.45) is 1.55. The Morgan fingerprint density at radius 3 is 2.61 bits per heavy atom. The molecular weight excluding hydrogens is 300 g/mol. The van der Waals surface area contributed by atoms with Crippen molar-refractivity contribution < 1.29 is 14.3 Å². The van der Waals surface area contributed by atoms with Crippen molar-refractivity contribution in [2.75, 3.05) is 7.11 Å². The van der Waals surface area contributed by atoms with Crippen LogP contribution < -0.4 is 5.32 Å². The number of ether oxygens (including phenoxy) is 1. The van der Waals surface area contributed by atoms with Crippen LogP contribution in [0.15, 0.2) is 33.7 Å². The Bertz CT molecular complexity index is 499. The molecule has 0 aliphatic carbocycles. The first-order valence-corrected chi connectivity index (χ1v) is 6.08. The third kappa shape index (κ3) is 2.59. The summed E-state index contributed by atoms with van der Waals surface area (Å²) in [5.74, 6) is -1.10. The predicted molar refractivity (Wildman–Crippen MR) is 69.3 cm³/mol. The van der Waals surface area contributed by atoms with Crippen LogP contribution in [0.2, 0.25) is 0 Å². The van der Waals surface area contributed by atoms with Crippen molar-refractivity contribution in [2.45, 2.75) is 12.1 Å². The smallest absolute Gasteiger partial charge is 0.340 e. The van der Waals surface area contributed by atoms with Crippen LogP contribution in [0.5, 0.6) is 0 Å². The summed E-state index contributed by atoms with van der Waals surface area (Å²) in [6, 6.07) is 6.09. The van der Waals surface area contributed by atoms with E-state index in [4.69, 9.17) is 0 Å². The molecule has 1 aromatic rings. The fraction of sp³-hybridized carbons (Fsp3) is 0.250. The summed E-state index contributed by atoms with van der Waals surface area (Å²) in [6.45, 7) is 0. The summed E-state index contributed by atoms with van der Waals surface area (Å²) in [4.78, 5) is 26.9. The number of hydrogen-bond donors (Lipinski definition) is 1. The van der Waals surface area contributed by atoms with Crippen molar-refractivity contribution in [3.05, 3.63) is 34.3 Å². The summed E-state index contributed by atoms with van der Waals surface area (Å²) in [5, 5.41) is 2.71. The van der Waals surface area contributed by atoms with E-state index in [-0.39, 0.29) is 6.04 Å². The summed E-state index contributed by atoms with van der Waals surface area (Å²) in [5.41, 5.74) is 0.901. The third-order valence-corrected chi connectivity index (χ3v) is 3.11. The number of halogens is 1. The summed E-state index contributed by atoms with van der Waals surface area (Å²) < 4.78 is 5.45. The Morgan fingerprint density at radius 1 is 1.39 bits per heavy atom. The minimum atomic E-state index is -1.10. The van der Waals surface area contributed by atoms with Gasteiger partial charge < -0.3 is 10.1 Å². The van der Waals surface area contributed by atoms with Crippen molar-refractivity contribution in [1.29, 1.82) is 0 Å². The van der Waals surface area contributed by atoms with Gasteiger partial charge in [0.2, 0.25) is 6.04 Å². The number of hydrogen-bond acceptors (Lipinski definition) is 4. The SMILES string of the molecule is COC(=O)C1N=CC(c2ccc(Br)cc2)NC1=O. The zero-order chi connectivity index (χ0) is 13.1. The Morgan fingerprint density at radius 2 is 2.06 bits per heavy atom. The van der Waals surface area contributed by atoms with Crippen molar-refractivity contribution in [1.82, 2.24) is 5.32 Å². The molecule has 2 unspecified atom stereocenters. The Hall–Kier alpha value is -1.69. The molecule has 1 aliphatic rings. The monoisotopic (exact) mass is 310 g/mol. The molecule has 0 bridgehead atoms. The van der Waals surface area contributed by atoms with Gasteiger partial charge in [-0.1, -0.05) is 28.1 Å². The molecule has 5 nitrogen and oxygen atoms in total. The summed E-state index contributed by atoms with van der Waals surface area (Å²) >= 11 is 3.34. The van der Waals surface area contributed by atoms with Crippen LogP contribution in [-0.4, -0.2) is 31.2 Å². The number of benzene rings is 1. The van der Waals surface area contributed by atoms with E-state index in [1.54, 1.807) is 6.21 Å². The van der Waals surface area contributed by atoms with Gasteiger partial charge in [0.15, 0.2) is 0 Å². The first kappa shape index (κ1) is 12.8. The molecular formula is C12H11BrN2O3. The number of esters is 1. The van der Waals surface area contributed by atoms with Crippen LogP contribution in [0.3, 0.4) is 0 Å². The standard InChI is InChI=1S/C12H11BrN2O3/c1-18-12(17)10-11(16)15-9(6-14-10)7-2-4-8(13)5-3-7/h2-6,9-10H,1H3,(H,15,16). The van der Waals surface area contributed by atoms with Crippen LogP contribution in [0.1, 0.15) is 11.6 Å². The van der Waals surface area contributed by atoms with Crippen LogP contribution >= 0.6 is 15.9 Å². The van der Waals surface area contributed by atoms with Gasteiger partial charge >= 0.3 is 5.97 Å². The van der Waals surface area contributed by atoms with Gasteiger partial charge in [0.1, 0.15) is 0 Å². The van der Waals surface area contributed by atoms with Gasteiger partial charge in [0, 0.05) is 10.7 Å². The molecule has 2 atom stereocenters. The highest BCUT2D eigenvalue weighted by molar-refractivity contribution is 9.10. The highest BCUT2D eigenvalue weighted by Gasteiger charge is 2.31. The number of nitrogens with one attached hydrogen (secondary N) is 1. The van der Waals surface area contributed by atoms with Crippen molar-refractivity contribution in [3.8, 4) is 0 Å². The van der Waals surface area contributed by atoms with Crippen molar-refractivity contribution in [2.24, 2.45) is 4.99 Å². The fourth-order valence-electron chi connectivity index (χ4n) is 1.63. The molecule has 0 radical (unpaired) electrons. The van der Waals surface area contributed by atoms with E-state index in [1.165, 1.54) is 7.11 Å². The minimum absolute atomic E-state index is 0.313. The molecule has 94 valence electrons. The molecule has 18 heavy (non-hydrogen) atoms. The number of rotatable bonds is 2. The molecule has 0 aromatic heterocycles. The second-order valence-electron chi connectivity index (χ2n) is 3.76. The number of carbonyl (C=O) groups is 2. The highest BCUT2D eigenvalue weighted by Crippen LogP contribution is 2.18. The average Bonchev–Trinajstić information content (AvgIpc) is 2.38. The van der Waals surface area contributed by atoms with E-state index in [0.717, 1.165) is 10.0 Å². The maximum absolute atomic E-state index is 11.7. The number of aliphatic imine (C=N–C) groups is 1. The summed E-state index contributed by atoms with van der Waals surface area (Å²) in [7, 11) is 1.23. The van der Waals surface area contributed by atoms with E-state index >= 15 is 0 Å². The number of nitrogens with zero attached hydrogens (tertiary/aromatic N) is 1. The maximum Gasteiger partial charge on any atom is 0.340 e. The van der Waals surface area contributed by atoms with Crippen molar-refractivity contribution in [3.63, 3.8) is 0 Å². The van der Waals surface area contributed by atoms with Crippen molar-refractivity contribution >= 4 is 34.0 Å². The highest BCUT2D eigenvalue weighted by atomic mass is 79.9. The van der Waals surface area contributed by atoms with Gasteiger partial charge in [-0.15, -0.1) is 0 Å². The second-order valence-corrected chi connectivity index (χ2v) is 4.68. The largest absolute Gasteiger partial charge is 0.467 e. The normalized spacial score (nSPS) is 22.4. The molecule has 1 aliphatic heterocycles. The van der Waals surface area contributed by atoms with Gasteiger partial charge in [0.25, 0.3) is 5.91 Å². The quantitative estimate of drug-likeness (QED) is 0.660. The topological polar surface area (TPSA) is 67.8 Å². The predicted octanol–water partition coefficient (Wildman–Crippen LogP) is 1.23. The van der Waals surface area contributed by atoms with Gasteiger partial charge in [-0.05, 0) is 17.7 Å². The van der Waals surface area contributed by atoms with Gasteiger partial charge in [-0.25, -0.2) is 4.79 Å². The van der Waals surface area contributed by atoms with E-state index in [9.17, 15) is 9.59 Å². The molecule has 0 spiro atoms. The van der Waals surface area contributed by atoms with E-state index in [0.29, 0.717) is 0 Å². The van der Waals surface area contributed by atoms with Crippen LogP contribution in [0.4, 0.5) is 0 Å². The number of methoxy groups -OCH3 is 1. The van der Waals surface area contributed by atoms with Gasteiger partial charge in [0.05, 0.1) is 13.2 Å². The van der Waals surface area contributed by atoms with Gasteiger partial charge in [-0.3, -0.25) is 9.79 Å². The number of amides is 1. The third-order valence-electron chi connectivity index (χ3n) is 2.58. The molecule has 1 amide bonds. The van der Waals surface area contributed by atoms with Crippen LogP contribution in [0.25, 0.3) is 0 Å².